The number of fused-ring (bicyclic) bond motifs is 3. The molecular weight excluding hydrogens is 359 g/mol. The van der Waals surface area contributed by atoms with Crippen LogP contribution in [0.2, 0.25) is 0 Å². The van der Waals surface area contributed by atoms with Crippen molar-refractivity contribution in [3.05, 3.63) is 83.4 Å². The van der Waals surface area contributed by atoms with Gasteiger partial charge in [-0.25, -0.2) is 19.0 Å². The number of aryl methyl sites for hydroxylation is 1. The van der Waals surface area contributed by atoms with Crippen LogP contribution in [0, 0.1) is 12.7 Å². The summed E-state index contributed by atoms with van der Waals surface area (Å²) in [6, 6.07) is 14.7. The van der Waals surface area contributed by atoms with Gasteiger partial charge in [0, 0.05) is 6.20 Å². The number of anilines is 1. The van der Waals surface area contributed by atoms with E-state index in [1.54, 1.807) is 43.3 Å². The monoisotopic (exact) mass is 372 g/mol. The van der Waals surface area contributed by atoms with Gasteiger partial charge < -0.3 is 0 Å². The normalized spacial score (nSPS) is 13.4. The molecule has 28 heavy (non-hydrogen) atoms. The van der Waals surface area contributed by atoms with Crippen LogP contribution >= 0.6 is 0 Å². The molecule has 1 aliphatic heterocycles. The summed E-state index contributed by atoms with van der Waals surface area (Å²) < 4.78 is 15.1. The smallest absolute Gasteiger partial charge is 0.267 e. The average Bonchev–Trinajstić information content (AvgIpc) is 3.17. The lowest BCUT2D eigenvalue weighted by Gasteiger charge is -2.13. The number of para-hydroxylation sites is 1. The molecule has 0 saturated heterocycles. The summed E-state index contributed by atoms with van der Waals surface area (Å²) >= 11 is 0. The Balaban J connectivity index is 1.74. The van der Waals surface area contributed by atoms with E-state index < -0.39 is 17.6 Å². The molecule has 0 aliphatic carbocycles. The molecule has 2 amide bonds. The van der Waals surface area contributed by atoms with E-state index in [2.05, 4.69) is 10.1 Å². The van der Waals surface area contributed by atoms with Gasteiger partial charge in [0.05, 0.1) is 33.6 Å². The maximum absolute atomic E-state index is 13.7. The number of imide groups is 1. The van der Waals surface area contributed by atoms with Crippen molar-refractivity contribution in [3.63, 3.8) is 0 Å². The van der Waals surface area contributed by atoms with Crippen LogP contribution < -0.4 is 4.90 Å². The van der Waals surface area contributed by atoms with Crippen molar-refractivity contribution in [2.75, 3.05) is 4.90 Å². The van der Waals surface area contributed by atoms with Crippen LogP contribution in [0.15, 0.2) is 60.8 Å². The Morgan fingerprint density at radius 2 is 1.68 bits per heavy atom. The molecule has 5 rings (SSSR count). The minimum absolute atomic E-state index is 0.239. The number of carbonyl (C=O) groups excluding carboxylic acids is 2. The quantitative estimate of drug-likeness (QED) is 0.504. The van der Waals surface area contributed by atoms with Crippen molar-refractivity contribution in [2.24, 2.45) is 0 Å². The zero-order valence-corrected chi connectivity index (χ0v) is 14.8. The van der Waals surface area contributed by atoms with E-state index in [-0.39, 0.29) is 11.1 Å². The van der Waals surface area contributed by atoms with Gasteiger partial charge in [-0.15, -0.1) is 0 Å². The molecule has 0 fully saturated rings. The number of benzene rings is 2. The van der Waals surface area contributed by atoms with Gasteiger partial charge in [0.15, 0.2) is 5.65 Å². The van der Waals surface area contributed by atoms with Crippen LogP contribution in [0.1, 0.15) is 26.4 Å². The number of rotatable bonds is 2. The van der Waals surface area contributed by atoms with Gasteiger partial charge in [-0.2, -0.15) is 5.10 Å². The van der Waals surface area contributed by atoms with E-state index in [0.29, 0.717) is 28.1 Å². The van der Waals surface area contributed by atoms with E-state index in [4.69, 9.17) is 0 Å². The lowest BCUT2D eigenvalue weighted by atomic mass is 10.1. The number of hydrogen-bond acceptors (Lipinski definition) is 4. The lowest BCUT2D eigenvalue weighted by Crippen LogP contribution is -2.29. The molecular formula is C21H13FN4O2. The molecule has 0 radical (unpaired) electrons. The number of amides is 2. The van der Waals surface area contributed by atoms with E-state index in [1.165, 1.54) is 23.0 Å². The second-order valence-corrected chi connectivity index (χ2v) is 6.50. The topological polar surface area (TPSA) is 68.1 Å². The Morgan fingerprint density at radius 1 is 0.929 bits per heavy atom. The highest BCUT2D eigenvalue weighted by Gasteiger charge is 2.39. The molecule has 0 N–H and O–H groups in total. The Labute approximate surface area is 158 Å². The number of pyridine rings is 1. The standard InChI is InChI=1S/C21H13FN4O2/c1-12-17-18-16(20(27)25(21(18)28)14-7-3-2-4-8-14)11-23-19(17)26(24-12)15-9-5-6-13(22)10-15/h2-11H,1H3. The largest absolute Gasteiger partial charge is 0.268 e. The van der Waals surface area contributed by atoms with Crippen LogP contribution in [0.3, 0.4) is 0 Å². The fourth-order valence-electron chi connectivity index (χ4n) is 3.56. The maximum atomic E-state index is 13.7. The summed E-state index contributed by atoms with van der Waals surface area (Å²) in [7, 11) is 0. The minimum atomic E-state index is -0.418. The summed E-state index contributed by atoms with van der Waals surface area (Å²) in [4.78, 5) is 31.5. The zero-order valence-electron chi connectivity index (χ0n) is 14.8. The molecule has 3 heterocycles. The number of aromatic nitrogens is 3. The van der Waals surface area contributed by atoms with Crippen molar-refractivity contribution in [3.8, 4) is 5.69 Å². The van der Waals surface area contributed by atoms with Gasteiger partial charge in [-0.05, 0) is 37.3 Å². The van der Waals surface area contributed by atoms with Gasteiger partial charge >= 0.3 is 0 Å². The third kappa shape index (κ3) is 2.19. The summed E-state index contributed by atoms with van der Waals surface area (Å²) in [5.74, 6) is -1.24. The number of carbonyl (C=O) groups is 2. The Bertz CT molecular complexity index is 1280. The second-order valence-electron chi connectivity index (χ2n) is 6.50. The van der Waals surface area contributed by atoms with Crippen molar-refractivity contribution in [1.29, 1.82) is 0 Å². The predicted molar refractivity (Wildman–Crippen MR) is 101 cm³/mol. The first-order valence-corrected chi connectivity index (χ1v) is 8.64. The molecule has 0 atom stereocenters. The van der Waals surface area contributed by atoms with Crippen LogP contribution in [0.25, 0.3) is 16.7 Å². The summed E-state index contributed by atoms with van der Waals surface area (Å²) in [5.41, 5.74) is 2.44. The molecule has 136 valence electrons. The highest BCUT2D eigenvalue weighted by atomic mass is 19.1. The molecule has 7 heteroatoms. The maximum Gasteiger partial charge on any atom is 0.267 e. The fourth-order valence-corrected chi connectivity index (χ4v) is 3.56. The molecule has 1 aliphatic rings. The summed E-state index contributed by atoms with van der Waals surface area (Å²) in [6.07, 6.45) is 1.39. The SMILES string of the molecule is Cc1nn(-c2cccc(F)c2)c2ncc3c(c12)C(=O)N(c1ccccc1)C3=O. The van der Waals surface area contributed by atoms with Gasteiger partial charge in [-0.3, -0.25) is 9.59 Å². The predicted octanol–water partition coefficient (Wildman–Crippen LogP) is 3.67. The number of nitrogens with zero attached hydrogens (tertiary/aromatic N) is 4. The molecule has 0 spiro atoms. The van der Waals surface area contributed by atoms with Gasteiger partial charge in [0.2, 0.25) is 0 Å². The van der Waals surface area contributed by atoms with Crippen LogP contribution in [0.4, 0.5) is 10.1 Å². The molecule has 2 aromatic heterocycles. The number of halogens is 1. The Morgan fingerprint density at radius 3 is 2.43 bits per heavy atom. The number of hydrogen-bond donors (Lipinski definition) is 0. The summed E-state index contributed by atoms with van der Waals surface area (Å²) in [5, 5.41) is 4.94. The lowest BCUT2D eigenvalue weighted by molar-refractivity contribution is 0.0926. The molecule has 6 nitrogen and oxygen atoms in total. The van der Waals surface area contributed by atoms with Crippen molar-refractivity contribution in [1.82, 2.24) is 14.8 Å². The van der Waals surface area contributed by atoms with E-state index in [1.807, 2.05) is 6.07 Å². The third-order valence-electron chi connectivity index (χ3n) is 4.79. The highest BCUT2D eigenvalue weighted by molar-refractivity contribution is 6.37. The van der Waals surface area contributed by atoms with Crippen LogP contribution in [-0.2, 0) is 0 Å². The Hall–Kier alpha value is -3.87. The van der Waals surface area contributed by atoms with E-state index in [0.717, 1.165) is 4.90 Å². The average molecular weight is 372 g/mol. The first-order chi connectivity index (χ1) is 13.6. The van der Waals surface area contributed by atoms with Crippen molar-refractivity contribution in [2.45, 2.75) is 6.92 Å². The Kier molecular flexibility index (Phi) is 3.39. The summed E-state index contributed by atoms with van der Waals surface area (Å²) in [6.45, 7) is 1.74. The van der Waals surface area contributed by atoms with E-state index >= 15 is 0 Å². The zero-order chi connectivity index (χ0) is 19.4. The molecule has 0 saturated carbocycles. The van der Waals surface area contributed by atoms with Crippen molar-refractivity contribution < 1.29 is 14.0 Å². The van der Waals surface area contributed by atoms with Gasteiger partial charge in [0.25, 0.3) is 11.8 Å². The first kappa shape index (κ1) is 16.3. The van der Waals surface area contributed by atoms with Gasteiger partial charge in [0.1, 0.15) is 5.82 Å². The highest BCUT2D eigenvalue weighted by Crippen LogP contribution is 2.34. The fraction of sp³-hybridized carbons (Fsp3) is 0.0476. The third-order valence-corrected chi connectivity index (χ3v) is 4.79. The van der Waals surface area contributed by atoms with Gasteiger partial charge in [-0.1, -0.05) is 24.3 Å². The molecule has 4 aromatic rings. The van der Waals surface area contributed by atoms with Crippen molar-refractivity contribution >= 4 is 28.5 Å². The van der Waals surface area contributed by atoms with Crippen LogP contribution in [-0.4, -0.2) is 26.6 Å². The van der Waals surface area contributed by atoms with Crippen LogP contribution in [0.5, 0.6) is 0 Å². The second kappa shape index (κ2) is 5.82. The molecule has 0 bridgehead atoms. The minimum Gasteiger partial charge on any atom is -0.268 e. The van der Waals surface area contributed by atoms with E-state index in [9.17, 15) is 14.0 Å². The first-order valence-electron chi connectivity index (χ1n) is 8.64. The molecule has 0 unspecified atom stereocenters. The molecule has 2 aromatic carbocycles.